The second-order valence-corrected chi connectivity index (χ2v) is 6.25. The van der Waals surface area contributed by atoms with E-state index in [1.165, 1.54) is 0 Å². The first-order valence-corrected chi connectivity index (χ1v) is 9.14. The lowest BCUT2D eigenvalue weighted by Crippen LogP contribution is -2.06. The van der Waals surface area contributed by atoms with Gasteiger partial charge in [-0.2, -0.15) is 4.98 Å². The Hall–Kier alpha value is -3.35. The molecule has 1 heterocycles. The molecule has 0 unspecified atom stereocenters. The normalized spacial score (nSPS) is 10.6. The first kappa shape index (κ1) is 19.4. The first-order chi connectivity index (χ1) is 13.6. The average Bonchev–Trinajstić information content (AvgIpc) is 2.71. The van der Waals surface area contributed by atoms with Gasteiger partial charge in [-0.15, -0.1) is 0 Å². The van der Waals surface area contributed by atoms with Gasteiger partial charge in [0.25, 0.3) is 0 Å². The summed E-state index contributed by atoms with van der Waals surface area (Å²) < 4.78 is 17.4. The van der Waals surface area contributed by atoms with Gasteiger partial charge in [0, 0.05) is 17.8 Å². The van der Waals surface area contributed by atoms with E-state index in [0.29, 0.717) is 18.1 Å². The number of benzene rings is 2. The van der Waals surface area contributed by atoms with E-state index >= 15 is 0 Å². The van der Waals surface area contributed by atoms with Crippen molar-refractivity contribution in [2.45, 2.75) is 19.9 Å². The molecule has 3 aromatic rings. The van der Waals surface area contributed by atoms with Crippen molar-refractivity contribution < 1.29 is 9.13 Å². The molecule has 7 heteroatoms. The standard InChI is InChI=1S/C21H24FN5O/c1-2-18-19(20(23)27-21(24)26-18)15-5-7-16(8-6-15)25-13-14-3-9-17(10-4-14)28-12-11-22/h3-10,25H,2,11-13H2,1H3,(H4,23,24,26,27)/i22-1. The minimum absolute atomic E-state index is 0.0766. The van der Waals surface area contributed by atoms with Crippen molar-refractivity contribution in [1.82, 2.24) is 9.97 Å². The molecule has 0 radical (unpaired) electrons. The molecule has 0 atom stereocenters. The molecular formula is C21H24FN5O. The van der Waals surface area contributed by atoms with Gasteiger partial charge < -0.3 is 21.5 Å². The molecule has 28 heavy (non-hydrogen) atoms. The van der Waals surface area contributed by atoms with Crippen molar-refractivity contribution in [3.8, 4) is 16.9 Å². The Morgan fingerprint density at radius 1 is 1.00 bits per heavy atom. The summed E-state index contributed by atoms with van der Waals surface area (Å²) in [5.74, 6) is 1.25. The largest absolute Gasteiger partial charge is 0.491 e. The van der Waals surface area contributed by atoms with Crippen LogP contribution in [0, 0.1) is 0 Å². The highest BCUT2D eigenvalue weighted by molar-refractivity contribution is 5.77. The quantitative estimate of drug-likeness (QED) is 0.549. The number of ether oxygens (including phenoxy) is 1. The van der Waals surface area contributed by atoms with Crippen molar-refractivity contribution in [1.29, 1.82) is 0 Å². The third kappa shape index (κ3) is 4.68. The number of halogens is 1. The van der Waals surface area contributed by atoms with E-state index in [1.807, 2.05) is 55.5 Å². The lowest BCUT2D eigenvalue weighted by atomic mass is 10.0. The van der Waals surface area contributed by atoms with Crippen molar-refractivity contribution in [3.05, 3.63) is 59.8 Å². The summed E-state index contributed by atoms with van der Waals surface area (Å²) in [5, 5.41) is 3.37. The van der Waals surface area contributed by atoms with Gasteiger partial charge in [-0.25, -0.2) is 9.37 Å². The van der Waals surface area contributed by atoms with Crippen LogP contribution in [0.4, 0.5) is 21.8 Å². The minimum atomic E-state index is -0.493. The summed E-state index contributed by atoms with van der Waals surface area (Å²) in [6.07, 6.45) is 0.720. The number of hydrogen-bond acceptors (Lipinski definition) is 6. The summed E-state index contributed by atoms with van der Waals surface area (Å²) in [6.45, 7) is 2.26. The van der Waals surface area contributed by atoms with Crippen molar-refractivity contribution in [2.24, 2.45) is 0 Å². The van der Waals surface area contributed by atoms with Crippen LogP contribution in [0.3, 0.4) is 0 Å². The number of aromatic nitrogens is 2. The summed E-state index contributed by atoms with van der Waals surface area (Å²) in [4.78, 5) is 8.37. The highest BCUT2D eigenvalue weighted by Gasteiger charge is 2.12. The molecule has 0 amide bonds. The molecule has 0 aliphatic carbocycles. The van der Waals surface area contributed by atoms with E-state index in [9.17, 15) is 4.39 Å². The van der Waals surface area contributed by atoms with Gasteiger partial charge in [0.1, 0.15) is 24.8 Å². The Bertz CT molecular complexity index is 913. The molecule has 0 fully saturated rings. The zero-order valence-corrected chi connectivity index (χ0v) is 15.8. The molecule has 1 aromatic heterocycles. The number of anilines is 3. The molecule has 2 aromatic carbocycles. The van der Waals surface area contributed by atoms with Crippen LogP contribution < -0.4 is 21.5 Å². The summed E-state index contributed by atoms with van der Waals surface area (Å²) in [7, 11) is 0. The number of nitrogen functional groups attached to an aromatic ring is 2. The van der Waals surface area contributed by atoms with Crippen LogP contribution in [-0.2, 0) is 13.0 Å². The monoisotopic (exact) mass is 380 g/mol. The molecule has 146 valence electrons. The Balaban J connectivity index is 1.67. The molecule has 0 aliphatic heterocycles. The minimum Gasteiger partial charge on any atom is -0.491 e. The van der Waals surface area contributed by atoms with E-state index in [1.54, 1.807) is 0 Å². The third-order valence-electron chi connectivity index (χ3n) is 4.30. The Morgan fingerprint density at radius 2 is 1.71 bits per heavy atom. The summed E-state index contributed by atoms with van der Waals surface area (Å²) >= 11 is 0. The fourth-order valence-corrected chi connectivity index (χ4v) is 2.94. The first-order valence-electron chi connectivity index (χ1n) is 9.14. The molecular weight excluding hydrogens is 356 g/mol. The number of rotatable bonds is 8. The number of aryl methyl sites for hydroxylation is 1. The van der Waals surface area contributed by atoms with Gasteiger partial charge in [0.15, 0.2) is 0 Å². The molecule has 6 nitrogen and oxygen atoms in total. The summed E-state index contributed by atoms with van der Waals surface area (Å²) in [5.41, 5.74) is 16.5. The lowest BCUT2D eigenvalue weighted by Gasteiger charge is -2.12. The zero-order valence-electron chi connectivity index (χ0n) is 15.8. The van der Waals surface area contributed by atoms with Crippen molar-refractivity contribution >= 4 is 17.5 Å². The molecule has 3 rings (SSSR count). The van der Waals surface area contributed by atoms with Gasteiger partial charge in [-0.05, 0) is 41.8 Å². The van der Waals surface area contributed by atoms with Crippen LogP contribution in [0.2, 0.25) is 0 Å². The predicted octanol–water partition coefficient (Wildman–Crippen LogP) is 3.83. The topological polar surface area (TPSA) is 99.1 Å². The van der Waals surface area contributed by atoms with E-state index in [4.69, 9.17) is 16.2 Å². The molecule has 0 saturated carbocycles. The SMILES string of the molecule is CCc1nc(N)nc(N)c1-c1ccc(NCc2ccc(OCC[18F])cc2)cc1. The Labute approximate surface area is 163 Å². The Morgan fingerprint density at radius 3 is 2.36 bits per heavy atom. The third-order valence-corrected chi connectivity index (χ3v) is 4.30. The fraction of sp³-hybridized carbons (Fsp3) is 0.238. The Kier molecular flexibility index (Phi) is 6.26. The maximum Gasteiger partial charge on any atom is 0.222 e. The predicted molar refractivity (Wildman–Crippen MR) is 111 cm³/mol. The van der Waals surface area contributed by atoms with Gasteiger partial charge in [0.05, 0.1) is 5.69 Å². The molecule has 0 aliphatic rings. The maximum absolute atomic E-state index is 12.1. The van der Waals surface area contributed by atoms with E-state index < -0.39 is 6.67 Å². The smallest absolute Gasteiger partial charge is 0.222 e. The molecule has 0 bridgehead atoms. The van der Waals surface area contributed by atoms with E-state index in [-0.39, 0.29) is 12.6 Å². The van der Waals surface area contributed by atoms with Crippen LogP contribution in [-0.4, -0.2) is 23.2 Å². The maximum atomic E-state index is 12.1. The van der Waals surface area contributed by atoms with E-state index in [0.717, 1.165) is 34.5 Å². The van der Waals surface area contributed by atoms with Gasteiger partial charge in [-0.3, -0.25) is 0 Å². The van der Waals surface area contributed by atoms with Crippen molar-refractivity contribution in [3.63, 3.8) is 0 Å². The highest BCUT2D eigenvalue weighted by Crippen LogP contribution is 2.29. The highest BCUT2D eigenvalue weighted by atomic mass is 18.2. The van der Waals surface area contributed by atoms with Crippen LogP contribution in [0.5, 0.6) is 5.75 Å². The zero-order chi connectivity index (χ0) is 19.9. The average molecular weight is 380 g/mol. The van der Waals surface area contributed by atoms with Gasteiger partial charge in [0.2, 0.25) is 5.95 Å². The van der Waals surface area contributed by atoms with Crippen molar-refractivity contribution in [2.75, 3.05) is 30.1 Å². The van der Waals surface area contributed by atoms with Crippen LogP contribution >= 0.6 is 0 Å². The van der Waals surface area contributed by atoms with Crippen LogP contribution in [0.1, 0.15) is 18.2 Å². The van der Waals surface area contributed by atoms with E-state index in [2.05, 4.69) is 15.3 Å². The number of nitrogens with two attached hydrogens (primary N) is 2. The van der Waals surface area contributed by atoms with Gasteiger partial charge >= 0.3 is 0 Å². The second-order valence-electron chi connectivity index (χ2n) is 6.25. The fourth-order valence-electron chi connectivity index (χ4n) is 2.94. The lowest BCUT2D eigenvalue weighted by molar-refractivity contribution is 0.273. The summed E-state index contributed by atoms with van der Waals surface area (Å²) in [6, 6.07) is 15.5. The second kappa shape index (κ2) is 9.03. The number of nitrogens with zero attached hydrogens (tertiary/aromatic N) is 2. The van der Waals surface area contributed by atoms with Crippen LogP contribution in [0.15, 0.2) is 48.5 Å². The number of hydrogen-bond donors (Lipinski definition) is 3. The number of nitrogens with one attached hydrogen (secondary N) is 1. The number of alkyl halides is 1. The van der Waals surface area contributed by atoms with Gasteiger partial charge in [-0.1, -0.05) is 31.2 Å². The molecule has 5 N–H and O–H groups in total. The molecule has 0 spiro atoms. The van der Waals surface area contributed by atoms with Crippen LogP contribution in [0.25, 0.3) is 11.1 Å². The molecule has 0 saturated heterocycles.